The minimum atomic E-state index is -0.444. The average Bonchev–Trinajstić information content (AvgIpc) is 3.03. The highest BCUT2D eigenvalue weighted by Gasteiger charge is 2.17. The van der Waals surface area contributed by atoms with E-state index in [1.807, 2.05) is 6.07 Å². The normalized spacial score (nSPS) is 10.6. The number of nitrogens with one attached hydrogen (secondary N) is 1. The summed E-state index contributed by atoms with van der Waals surface area (Å²) < 4.78 is 23.8. The van der Waals surface area contributed by atoms with Gasteiger partial charge in [-0.3, -0.25) is 9.59 Å². The van der Waals surface area contributed by atoms with E-state index in [0.717, 1.165) is 10.9 Å². The maximum atomic E-state index is 13.2. The van der Waals surface area contributed by atoms with Gasteiger partial charge in [-0.1, -0.05) is 6.07 Å². The zero-order valence-corrected chi connectivity index (χ0v) is 15.0. The van der Waals surface area contributed by atoms with Gasteiger partial charge in [-0.05, 0) is 30.3 Å². The van der Waals surface area contributed by atoms with Crippen molar-refractivity contribution in [1.82, 2.24) is 4.90 Å². The third kappa shape index (κ3) is 4.44. The quantitative estimate of drug-likeness (QED) is 0.723. The lowest BCUT2D eigenvalue weighted by molar-refractivity contribution is -0.132. The Morgan fingerprint density at radius 1 is 1.22 bits per heavy atom. The molecule has 0 atom stereocenters. The fraction of sp³-hybridized carbons (Fsp3) is 0.200. The number of anilines is 1. The van der Waals surface area contributed by atoms with Crippen LogP contribution in [0.15, 0.2) is 53.1 Å². The van der Waals surface area contributed by atoms with Gasteiger partial charge in [0, 0.05) is 29.8 Å². The van der Waals surface area contributed by atoms with Crippen molar-refractivity contribution in [3.8, 4) is 5.75 Å². The topological polar surface area (TPSA) is 71.8 Å². The van der Waals surface area contributed by atoms with Crippen molar-refractivity contribution in [3.05, 3.63) is 60.1 Å². The smallest absolute Gasteiger partial charge is 0.243 e. The molecular weight excluding hydrogens is 351 g/mol. The van der Waals surface area contributed by atoms with Crippen molar-refractivity contribution in [1.29, 1.82) is 0 Å². The minimum absolute atomic E-state index is 0.100. The molecule has 3 aromatic rings. The number of amides is 2. The highest BCUT2D eigenvalue weighted by molar-refractivity contribution is 5.95. The van der Waals surface area contributed by atoms with Crippen LogP contribution in [-0.2, 0) is 16.0 Å². The molecule has 0 spiro atoms. The van der Waals surface area contributed by atoms with Gasteiger partial charge in [0.25, 0.3) is 0 Å². The maximum Gasteiger partial charge on any atom is 0.243 e. The number of likely N-dealkylation sites (N-methyl/N-ethyl adjacent to an activating group) is 1. The lowest BCUT2D eigenvalue weighted by Gasteiger charge is -2.16. The fourth-order valence-corrected chi connectivity index (χ4v) is 2.70. The van der Waals surface area contributed by atoms with Crippen LogP contribution in [0.5, 0.6) is 5.75 Å². The third-order valence-electron chi connectivity index (χ3n) is 4.12. The van der Waals surface area contributed by atoms with Gasteiger partial charge in [0.15, 0.2) is 0 Å². The Balaban J connectivity index is 1.61. The molecule has 6 nitrogen and oxygen atoms in total. The molecule has 0 aliphatic heterocycles. The van der Waals surface area contributed by atoms with Crippen LogP contribution in [0.4, 0.5) is 10.1 Å². The molecule has 0 radical (unpaired) electrons. The van der Waals surface area contributed by atoms with Gasteiger partial charge in [-0.15, -0.1) is 0 Å². The van der Waals surface area contributed by atoms with E-state index in [0.29, 0.717) is 17.0 Å². The number of halogens is 1. The van der Waals surface area contributed by atoms with Crippen molar-refractivity contribution in [2.45, 2.75) is 6.42 Å². The van der Waals surface area contributed by atoms with Crippen molar-refractivity contribution < 1.29 is 23.1 Å². The second kappa shape index (κ2) is 7.90. The molecule has 0 aliphatic carbocycles. The Labute approximate surface area is 155 Å². The molecule has 1 heterocycles. The molecule has 0 bridgehead atoms. The van der Waals surface area contributed by atoms with E-state index >= 15 is 0 Å². The van der Waals surface area contributed by atoms with E-state index in [-0.39, 0.29) is 18.9 Å². The number of carbonyl (C=O) groups excluding carboxylic acids is 2. The summed E-state index contributed by atoms with van der Waals surface area (Å²) in [4.78, 5) is 25.8. The zero-order valence-electron chi connectivity index (χ0n) is 15.0. The molecule has 0 aliphatic rings. The summed E-state index contributed by atoms with van der Waals surface area (Å²) in [6.07, 6.45) is 1.63. The van der Waals surface area contributed by atoms with E-state index in [4.69, 9.17) is 9.15 Å². The van der Waals surface area contributed by atoms with Crippen molar-refractivity contribution in [3.63, 3.8) is 0 Å². The van der Waals surface area contributed by atoms with Gasteiger partial charge in [0.05, 0.1) is 26.3 Å². The first-order valence-corrected chi connectivity index (χ1v) is 8.30. The molecule has 0 unspecified atom stereocenters. The standard InChI is InChI=1S/C20H19FN2O4/c1-23(11-19(24)22-15-5-3-4-14(21)9-15)20(25)8-13-12-27-18-10-16(26-2)6-7-17(13)18/h3-7,9-10,12H,8,11H2,1-2H3,(H,22,24). The zero-order chi connectivity index (χ0) is 19.4. The SMILES string of the molecule is COc1ccc2c(CC(=O)N(C)CC(=O)Nc3cccc(F)c3)coc2c1. The lowest BCUT2D eigenvalue weighted by Crippen LogP contribution is -2.35. The van der Waals surface area contributed by atoms with Crippen LogP contribution >= 0.6 is 0 Å². The van der Waals surface area contributed by atoms with E-state index in [9.17, 15) is 14.0 Å². The van der Waals surface area contributed by atoms with Crippen LogP contribution in [-0.4, -0.2) is 37.4 Å². The molecule has 1 N–H and O–H groups in total. The van der Waals surface area contributed by atoms with Crippen LogP contribution in [0.2, 0.25) is 0 Å². The Kier molecular flexibility index (Phi) is 5.40. The largest absolute Gasteiger partial charge is 0.497 e. The van der Waals surface area contributed by atoms with Gasteiger partial charge >= 0.3 is 0 Å². The summed E-state index contributed by atoms with van der Waals surface area (Å²) >= 11 is 0. The van der Waals surface area contributed by atoms with Crippen LogP contribution in [0.1, 0.15) is 5.56 Å². The van der Waals surface area contributed by atoms with Crippen molar-refractivity contribution in [2.75, 3.05) is 26.0 Å². The number of nitrogens with zero attached hydrogens (tertiary/aromatic N) is 1. The molecule has 0 fully saturated rings. The monoisotopic (exact) mass is 370 g/mol. The van der Waals surface area contributed by atoms with Crippen LogP contribution in [0.25, 0.3) is 11.0 Å². The van der Waals surface area contributed by atoms with E-state index in [1.54, 1.807) is 32.4 Å². The van der Waals surface area contributed by atoms with Crippen molar-refractivity contribution >= 4 is 28.5 Å². The second-order valence-corrected chi connectivity index (χ2v) is 6.11. The molecule has 7 heteroatoms. The summed E-state index contributed by atoms with van der Waals surface area (Å²) in [6, 6.07) is 11.0. The lowest BCUT2D eigenvalue weighted by atomic mass is 10.1. The van der Waals surface area contributed by atoms with Crippen LogP contribution < -0.4 is 10.1 Å². The maximum absolute atomic E-state index is 13.2. The summed E-state index contributed by atoms with van der Waals surface area (Å²) in [6.45, 7) is -0.140. The van der Waals surface area contributed by atoms with Crippen molar-refractivity contribution in [2.24, 2.45) is 0 Å². The summed E-state index contributed by atoms with van der Waals surface area (Å²) in [7, 11) is 3.11. The number of methoxy groups -OCH3 is 1. The molecular formula is C20H19FN2O4. The van der Waals surface area contributed by atoms with Crippen LogP contribution in [0.3, 0.4) is 0 Å². The first-order valence-electron chi connectivity index (χ1n) is 8.30. The fourth-order valence-electron chi connectivity index (χ4n) is 2.70. The molecule has 2 amide bonds. The molecule has 3 rings (SSSR count). The molecule has 27 heavy (non-hydrogen) atoms. The molecule has 0 saturated heterocycles. The number of rotatable bonds is 6. The average molecular weight is 370 g/mol. The third-order valence-corrected chi connectivity index (χ3v) is 4.12. The number of furan rings is 1. The first kappa shape index (κ1) is 18.4. The Morgan fingerprint density at radius 2 is 2.04 bits per heavy atom. The van der Waals surface area contributed by atoms with Gasteiger partial charge in [0.1, 0.15) is 17.1 Å². The minimum Gasteiger partial charge on any atom is -0.497 e. The van der Waals surface area contributed by atoms with Gasteiger partial charge in [-0.25, -0.2) is 4.39 Å². The number of ether oxygens (including phenoxy) is 1. The summed E-state index contributed by atoms with van der Waals surface area (Å²) in [5.41, 5.74) is 1.70. The van der Waals surface area contributed by atoms with Gasteiger partial charge in [-0.2, -0.15) is 0 Å². The second-order valence-electron chi connectivity index (χ2n) is 6.11. The molecule has 1 aromatic heterocycles. The van der Waals surface area contributed by atoms with E-state index in [2.05, 4.69) is 5.32 Å². The summed E-state index contributed by atoms with van der Waals surface area (Å²) in [5, 5.41) is 3.39. The number of carbonyl (C=O) groups is 2. The highest BCUT2D eigenvalue weighted by Crippen LogP contribution is 2.26. The van der Waals surface area contributed by atoms with Gasteiger partial charge in [0.2, 0.25) is 11.8 Å². The number of hydrogen-bond acceptors (Lipinski definition) is 4. The number of hydrogen-bond donors (Lipinski definition) is 1. The van der Waals surface area contributed by atoms with E-state index < -0.39 is 11.7 Å². The Bertz CT molecular complexity index is 983. The number of benzene rings is 2. The molecule has 2 aromatic carbocycles. The molecule has 140 valence electrons. The Morgan fingerprint density at radius 3 is 2.78 bits per heavy atom. The highest BCUT2D eigenvalue weighted by atomic mass is 19.1. The predicted octanol–water partition coefficient (Wildman–Crippen LogP) is 3.22. The summed E-state index contributed by atoms with van der Waals surface area (Å²) in [5.74, 6) is -0.414. The Hall–Kier alpha value is -3.35. The predicted molar refractivity (Wildman–Crippen MR) is 99.1 cm³/mol. The van der Waals surface area contributed by atoms with Gasteiger partial charge < -0.3 is 19.4 Å². The molecule has 0 saturated carbocycles. The first-order chi connectivity index (χ1) is 13.0. The number of fused-ring (bicyclic) bond motifs is 1. The van der Waals surface area contributed by atoms with E-state index in [1.165, 1.54) is 29.4 Å². The van der Waals surface area contributed by atoms with Crippen LogP contribution in [0, 0.1) is 5.82 Å².